The average Bonchev–Trinajstić information content (AvgIpc) is 2.62. The van der Waals surface area contributed by atoms with Crippen LogP contribution < -0.4 is 15.6 Å². The predicted octanol–water partition coefficient (Wildman–Crippen LogP) is 1.53. The summed E-state index contributed by atoms with van der Waals surface area (Å²) in [6.45, 7) is 2.30. The molecule has 0 atom stereocenters. The van der Waals surface area contributed by atoms with Gasteiger partial charge in [0.2, 0.25) is 15.9 Å². The van der Waals surface area contributed by atoms with Crippen LogP contribution in [0.4, 0.5) is 5.69 Å². The first-order valence-electron chi connectivity index (χ1n) is 8.40. The molecular formula is C18H23N3O5S. The summed E-state index contributed by atoms with van der Waals surface area (Å²) in [5, 5.41) is 2.66. The molecule has 1 N–H and O–H groups in total. The van der Waals surface area contributed by atoms with Gasteiger partial charge < -0.3 is 14.6 Å². The molecule has 1 heterocycles. The van der Waals surface area contributed by atoms with Crippen molar-refractivity contribution >= 4 is 21.6 Å². The minimum Gasteiger partial charge on any atom is -0.492 e. The van der Waals surface area contributed by atoms with Crippen molar-refractivity contribution in [2.24, 2.45) is 0 Å². The van der Waals surface area contributed by atoms with Crippen LogP contribution in [0.25, 0.3) is 0 Å². The van der Waals surface area contributed by atoms with E-state index in [1.807, 2.05) is 0 Å². The van der Waals surface area contributed by atoms with E-state index in [1.54, 1.807) is 31.3 Å². The van der Waals surface area contributed by atoms with Crippen LogP contribution >= 0.6 is 0 Å². The third-order valence-corrected chi connectivity index (χ3v) is 5.60. The molecule has 0 radical (unpaired) electrons. The monoisotopic (exact) mass is 393 g/mol. The third-order valence-electron chi connectivity index (χ3n) is 3.76. The molecule has 0 aliphatic heterocycles. The number of hydrogen-bond donors (Lipinski definition) is 1. The molecule has 2 aromatic rings. The lowest BCUT2D eigenvalue weighted by Crippen LogP contribution is -2.24. The van der Waals surface area contributed by atoms with Gasteiger partial charge in [-0.3, -0.25) is 9.59 Å². The highest BCUT2D eigenvalue weighted by Crippen LogP contribution is 2.29. The third kappa shape index (κ3) is 5.18. The minimum atomic E-state index is -3.74. The first-order chi connectivity index (χ1) is 12.8. The van der Waals surface area contributed by atoms with E-state index in [0.717, 1.165) is 4.31 Å². The molecule has 0 aliphatic carbocycles. The zero-order chi connectivity index (χ0) is 20.0. The van der Waals surface area contributed by atoms with Crippen molar-refractivity contribution in [3.8, 4) is 5.75 Å². The van der Waals surface area contributed by atoms with Crippen molar-refractivity contribution in [2.45, 2.75) is 24.8 Å². The quantitative estimate of drug-likeness (QED) is 0.733. The Morgan fingerprint density at radius 3 is 2.59 bits per heavy atom. The summed E-state index contributed by atoms with van der Waals surface area (Å²) in [4.78, 5) is 23.8. The number of nitrogens with one attached hydrogen (secondary N) is 1. The lowest BCUT2D eigenvalue weighted by atomic mass is 10.3. The Bertz CT molecular complexity index is 967. The lowest BCUT2D eigenvalue weighted by Gasteiger charge is -2.16. The molecule has 27 heavy (non-hydrogen) atoms. The second-order valence-corrected chi connectivity index (χ2v) is 8.03. The van der Waals surface area contributed by atoms with Gasteiger partial charge in [-0.2, -0.15) is 0 Å². The van der Waals surface area contributed by atoms with Gasteiger partial charge in [0.1, 0.15) is 10.6 Å². The SMILES string of the molecule is CCOc1ccc(NC(=O)CCn2ccccc2=O)cc1S(=O)(=O)N(C)C. The molecule has 2 rings (SSSR count). The number of amides is 1. The molecular weight excluding hydrogens is 370 g/mol. The molecule has 146 valence electrons. The first kappa shape index (κ1) is 20.7. The summed E-state index contributed by atoms with van der Waals surface area (Å²) in [5.74, 6) is -0.108. The van der Waals surface area contributed by atoms with Crippen LogP contribution in [0.15, 0.2) is 52.3 Å². The second-order valence-electron chi connectivity index (χ2n) is 5.91. The Hall–Kier alpha value is -2.65. The number of aryl methyl sites for hydroxylation is 1. The summed E-state index contributed by atoms with van der Waals surface area (Å²) < 4.78 is 32.9. The van der Waals surface area contributed by atoms with Crippen LogP contribution in [-0.4, -0.2) is 43.9 Å². The van der Waals surface area contributed by atoms with Gasteiger partial charge >= 0.3 is 0 Å². The van der Waals surface area contributed by atoms with E-state index in [1.165, 1.54) is 36.9 Å². The van der Waals surface area contributed by atoms with Crippen molar-refractivity contribution in [2.75, 3.05) is 26.0 Å². The van der Waals surface area contributed by atoms with Gasteiger partial charge in [-0.15, -0.1) is 0 Å². The van der Waals surface area contributed by atoms with E-state index in [2.05, 4.69) is 5.32 Å². The number of pyridine rings is 1. The smallest absolute Gasteiger partial charge is 0.250 e. The van der Waals surface area contributed by atoms with E-state index >= 15 is 0 Å². The van der Waals surface area contributed by atoms with E-state index < -0.39 is 10.0 Å². The van der Waals surface area contributed by atoms with E-state index in [4.69, 9.17) is 4.74 Å². The Balaban J connectivity index is 2.17. The van der Waals surface area contributed by atoms with Gasteiger partial charge in [0.05, 0.1) is 6.61 Å². The Labute approximate surface area is 158 Å². The topological polar surface area (TPSA) is 97.7 Å². The molecule has 0 saturated heterocycles. The standard InChI is InChI=1S/C18H23N3O5S/c1-4-26-15-9-8-14(13-16(15)27(24,25)20(2)3)19-17(22)10-12-21-11-6-5-7-18(21)23/h5-9,11,13H,4,10,12H2,1-3H3,(H,19,22). The molecule has 9 heteroatoms. The highest BCUT2D eigenvalue weighted by molar-refractivity contribution is 7.89. The normalized spacial score (nSPS) is 11.4. The molecule has 0 spiro atoms. The van der Waals surface area contributed by atoms with Gasteiger partial charge in [0.25, 0.3) is 5.56 Å². The largest absolute Gasteiger partial charge is 0.492 e. The summed E-state index contributed by atoms with van der Waals surface area (Å²) in [6.07, 6.45) is 1.68. The number of rotatable bonds is 8. The van der Waals surface area contributed by atoms with Crippen LogP contribution in [0.2, 0.25) is 0 Å². The van der Waals surface area contributed by atoms with Gasteiger partial charge in [-0.05, 0) is 31.2 Å². The fourth-order valence-corrected chi connectivity index (χ4v) is 3.40. The molecule has 0 saturated carbocycles. The summed E-state index contributed by atoms with van der Waals surface area (Å²) >= 11 is 0. The second kappa shape index (κ2) is 8.83. The Kier molecular flexibility index (Phi) is 6.75. The number of carbonyl (C=O) groups is 1. The minimum absolute atomic E-state index is 0.0218. The number of anilines is 1. The number of sulfonamides is 1. The van der Waals surface area contributed by atoms with Crippen LogP contribution in [0, 0.1) is 0 Å². The maximum Gasteiger partial charge on any atom is 0.250 e. The zero-order valence-electron chi connectivity index (χ0n) is 15.5. The molecule has 8 nitrogen and oxygen atoms in total. The van der Waals surface area contributed by atoms with Gasteiger partial charge in [-0.25, -0.2) is 12.7 Å². The summed E-state index contributed by atoms with van der Waals surface area (Å²) in [7, 11) is -0.888. The van der Waals surface area contributed by atoms with Crippen LogP contribution in [-0.2, 0) is 21.4 Å². The molecule has 0 bridgehead atoms. The highest BCUT2D eigenvalue weighted by atomic mass is 32.2. The Morgan fingerprint density at radius 1 is 1.22 bits per heavy atom. The predicted molar refractivity (Wildman–Crippen MR) is 102 cm³/mol. The molecule has 0 fully saturated rings. The Morgan fingerprint density at radius 2 is 1.96 bits per heavy atom. The van der Waals surface area contributed by atoms with E-state index in [0.29, 0.717) is 12.3 Å². The van der Waals surface area contributed by atoms with Crippen LogP contribution in [0.3, 0.4) is 0 Å². The fourth-order valence-electron chi connectivity index (χ4n) is 2.35. The van der Waals surface area contributed by atoms with Gasteiger partial charge in [-0.1, -0.05) is 6.07 Å². The summed E-state index contributed by atoms with van der Waals surface area (Å²) in [5.41, 5.74) is 0.148. The molecule has 0 aliphatic rings. The fraction of sp³-hybridized carbons (Fsp3) is 0.333. The number of benzene rings is 1. The lowest BCUT2D eigenvalue weighted by molar-refractivity contribution is -0.116. The summed E-state index contributed by atoms with van der Waals surface area (Å²) in [6, 6.07) is 9.22. The van der Waals surface area contributed by atoms with Crippen molar-refractivity contribution < 1.29 is 17.9 Å². The molecule has 1 aromatic carbocycles. The maximum atomic E-state index is 12.5. The van der Waals surface area contributed by atoms with Crippen molar-refractivity contribution in [3.63, 3.8) is 0 Å². The maximum absolute atomic E-state index is 12.5. The molecule has 0 unspecified atom stereocenters. The van der Waals surface area contributed by atoms with Crippen LogP contribution in [0.5, 0.6) is 5.75 Å². The number of nitrogens with zero attached hydrogens (tertiary/aromatic N) is 2. The zero-order valence-corrected chi connectivity index (χ0v) is 16.3. The number of hydrogen-bond acceptors (Lipinski definition) is 5. The molecule has 1 amide bonds. The van der Waals surface area contributed by atoms with Crippen molar-refractivity contribution in [3.05, 3.63) is 52.9 Å². The van der Waals surface area contributed by atoms with Gasteiger partial charge in [0.15, 0.2) is 0 Å². The first-order valence-corrected chi connectivity index (χ1v) is 9.84. The number of aromatic nitrogens is 1. The number of carbonyl (C=O) groups excluding carboxylic acids is 1. The molecule has 1 aromatic heterocycles. The average molecular weight is 393 g/mol. The van der Waals surface area contributed by atoms with Crippen molar-refractivity contribution in [1.82, 2.24) is 8.87 Å². The highest BCUT2D eigenvalue weighted by Gasteiger charge is 2.23. The van der Waals surface area contributed by atoms with Crippen LogP contribution in [0.1, 0.15) is 13.3 Å². The van der Waals surface area contributed by atoms with E-state index in [9.17, 15) is 18.0 Å². The van der Waals surface area contributed by atoms with Gasteiger partial charge in [0, 0.05) is 45.0 Å². The number of ether oxygens (including phenoxy) is 1. The van der Waals surface area contributed by atoms with Crippen molar-refractivity contribution in [1.29, 1.82) is 0 Å². The van der Waals surface area contributed by atoms with E-state index in [-0.39, 0.29) is 35.1 Å².